The van der Waals surface area contributed by atoms with E-state index in [9.17, 15) is 19.8 Å². The molecule has 6 rings (SSSR count). The van der Waals surface area contributed by atoms with E-state index in [-0.39, 0.29) is 65.1 Å². The van der Waals surface area contributed by atoms with Crippen molar-refractivity contribution >= 4 is 29.1 Å². The fraction of sp³-hybridized carbons (Fsp3) is 0.523. The maximum absolute atomic E-state index is 13.0. The monoisotopic (exact) mass is 742 g/mol. The number of carboxylic acids is 1. The van der Waals surface area contributed by atoms with Gasteiger partial charge in [-0.3, -0.25) is 4.79 Å². The van der Waals surface area contributed by atoms with E-state index in [4.69, 9.17) is 19.7 Å². The molecule has 10 heteroatoms. The minimum Gasteiger partial charge on any atom is -0.545 e. The van der Waals surface area contributed by atoms with Crippen LogP contribution in [0.3, 0.4) is 0 Å². The topological polar surface area (TPSA) is 136 Å². The van der Waals surface area contributed by atoms with E-state index in [1.807, 2.05) is 26.0 Å². The fourth-order valence-electron chi connectivity index (χ4n) is 8.48. The molecule has 0 saturated carbocycles. The quantitative estimate of drug-likeness (QED) is 0.119. The van der Waals surface area contributed by atoms with Crippen LogP contribution in [0.1, 0.15) is 131 Å². The summed E-state index contributed by atoms with van der Waals surface area (Å²) in [5.74, 6) is -1.35. The third-order valence-corrected chi connectivity index (χ3v) is 11.7. The molecule has 1 saturated heterocycles. The first-order valence-electron chi connectivity index (χ1n) is 19.9. The van der Waals surface area contributed by atoms with Crippen molar-refractivity contribution in [3.8, 4) is 0 Å². The summed E-state index contributed by atoms with van der Waals surface area (Å²) in [6.07, 6.45) is 19.7. The molecular formula is C44H55N4NaO5. The number of aliphatic hydroxyl groups excluding tert-OH is 1. The molecule has 5 heterocycles. The van der Waals surface area contributed by atoms with Crippen LogP contribution >= 0.6 is 0 Å². The molecule has 0 aromatic heterocycles. The molecule has 0 radical (unpaired) electrons. The second kappa shape index (κ2) is 18.4. The standard InChI is InChI=1S/C44H56N4O5.Na/c1-7-9-10-11-12-13-14-15-16-17-20-53-39(50)19-18-30-26(4)33-22-34-27(5)40(44(51)52)37(46-34)24-32-25(3)29(8-2)36(45-32)23-35-28(6)41-38(49)21-31(42(30)47-33)43(41)48-35;/h22-24,26,30,47,49H,7-21H2,1-6H3,(H,51,52);/q;+1/p-1/t26-,30-;/m0./s1. The maximum Gasteiger partial charge on any atom is 1.00 e. The van der Waals surface area contributed by atoms with E-state index in [0.29, 0.717) is 42.1 Å². The average Bonchev–Trinajstić information content (AvgIpc) is 3.88. The Labute approximate surface area is 343 Å². The second-order valence-electron chi connectivity index (χ2n) is 15.2. The van der Waals surface area contributed by atoms with Gasteiger partial charge in [0, 0.05) is 52.8 Å². The van der Waals surface area contributed by atoms with Crippen molar-refractivity contribution in [2.75, 3.05) is 6.61 Å². The summed E-state index contributed by atoms with van der Waals surface area (Å²) in [5, 5.41) is 27.5. The van der Waals surface area contributed by atoms with Gasteiger partial charge >= 0.3 is 35.5 Å². The van der Waals surface area contributed by atoms with E-state index in [1.54, 1.807) is 13.0 Å². The minimum atomic E-state index is -1.28. The fourth-order valence-corrected chi connectivity index (χ4v) is 8.48. The summed E-state index contributed by atoms with van der Waals surface area (Å²) < 4.78 is 5.69. The molecule has 9 nitrogen and oxygen atoms in total. The van der Waals surface area contributed by atoms with Crippen molar-refractivity contribution in [1.82, 2.24) is 5.32 Å². The van der Waals surface area contributed by atoms with Crippen LogP contribution in [0.15, 0.2) is 106 Å². The number of aliphatic carboxylic acids is 1. The number of carboxylic acid groups (broad SMARTS) is 1. The van der Waals surface area contributed by atoms with Crippen LogP contribution in [0.4, 0.5) is 0 Å². The number of esters is 1. The maximum atomic E-state index is 13.0. The average molecular weight is 743 g/mol. The molecule has 2 N–H and O–H groups in total. The number of hydrogen-bond acceptors (Lipinski definition) is 9. The molecule has 0 amide bonds. The van der Waals surface area contributed by atoms with Crippen LogP contribution in [-0.2, 0) is 14.3 Å². The molecule has 282 valence electrons. The number of ether oxygens (including phenoxy) is 1. The zero-order chi connectivity index (χ0) is 37.8. The van der Waals surface area contributed by atoms with E-state index >= 15 is 0 Å². The first-order valence-corrected chi connectivity index (χ1v) is 19.9. The molecule has 0 aromatic rings. The van der Waals surface area contributed by atoms with Crippen LogP contribution in [-0.4, -0.2) is 40.8 Å². The minimum absolute atomic E-state index is 0. The normalized spacial score (nSPS) is 21.6. The number of aliphatic imine (C=N–C) groups is 3. The molecule has 5 aliphatic heterocycles. The Morgan fingerprint density at radius 2 is 1.52 bits per heavy atom. The van der Waals surface area contributed by atoms with Crippen LogP contribution in [0, 0.1) is 11.8 Å². The van der Waals surface area contributed by atoms with Crippen molar-refractivity contribution in [2.45, 2.75) is 131 Å². The number of nitrogens with one attached hydrogen (secondary N) is 1. The summed E-state index contributed by atoms with van der Waals surface area (Å²) in [6.45, 7) is 12.6. The van der Waals surface area contributed by atoms with Gasteiger partial charge in [-0.25, -0.2) is 15.0 Å². The summed E-state index contributed by atoms with van der Waals surface area (Å²) in [7, 11) is 0. The SMILES string of the molecule is CCCCCCCCCCCCOC(=O)CC[C@@H]1C2=C3CC(O)=C4C3=NC(=C4C)C=C3N=C(C=C4N=C(C=C(N2)[C@H]1C)C(C)=C4C(=O)[O-])C(C)=C3CC.[Na+]. The number of aliphatic hydroxyl groups is 1. The number of nitrogens with zero attached hydrogens (tertiary/aromatic N) is 3. The van der Waals surface area contributed by atoms with Crippen molar-refractivity contribution in [3.63, 3.8) is 0 Å². The summed E-state index contributed by atoms with van der Waals surface area (Å²) >= 11 is 0. The van der Waals surface area contributed by atoms with Crippen LogP contribution < -0.4 is 40.0 Å². The van der Waals surface area contributed by atoms with E-state index in [0.717, 1.165) is 75.6 Å². The number of unbranched alkanes of at least 4 members (excludes halogenated alkanes) is 9. The van der Waals surface area contributed by atoms with Crippen LogP contribution in [0.5, 0.6) is 0 Å². The predicted octanol–water partition coefficient (Wildman–Crippen LogP) is 5.66. The number of fused-ring (bicyclic) bond motifs is 5. The molecule has 54 heavy (non-hydrogen) atoms. The van der Waals surface area contributed by atoms with Gasteiger partial charge in [-0.2, -0.15) is 0 Å². The molecule has 0 unspecified atom stereocenters. The number of rotatable bonds is 16. The zero-order valence-electron chi connectivity index (χ0n) is 33.4. The van der Waals surface area contributed by atoms with Gasteiger partial charge in [-0.1, -0.05) is 78.6 Å². The zero-order valence-corrected chi connectivity index (χ0v) is 35.4. The molecule has 8 bridgehead atoms. The van der Waals surface area contributed by atoms with Gasteiger partial charge in [0.25, 0.3) is 0 Å². The van der Waals surface area contributed by atoms with E-state index in [1.165, 1.54) is 51.4 Å². The Hall–Kier alpha value is -3.53. The van der Waals surface area contributed by atoms with E-state index in [2.05, 4.69) is 26.1 Å². The summed E-state index contributed by atoms with van der Waals surface area (Å²) in [5.41, 5.74) is 10.7. The van der Waals surface area contributed by atoms with Gasteiger partial charge < -0.3 is 25.1 Å². The third kappa shape index (κ3) is 8.63. The van der Waals surface area contributed by atoms with Crippen LogP contribution in [0.25, 0.3) is 0 Å². The molecular weight excluding hydrogens is 687 g/mol. The Bertz CT molecular complexity index is 1930. The predicted molar refractivity (Wildman–Crippen MR) is 209 cm³/mol. The summed E-state index contributed by atoms with van der Waals surface area (Å²) in [6, 6.07) is 0. The van der Waals surface area contributed by atoms with Crippen molar-refractivity contribution in [1.29, 1.82) is 0 Å². The molecule has 0 aromatic carbocycles. The van der Waals surface area contributed by atoms with E-state index < -0.39 is 5.97 Å². The largest absolute Gasteiger partial charge is 1.00 e. The second-order valence-corrected chi connectivity index (χ2v) is 15.2. The smallest absolute Gasteiger partial charge is 0.545 e. The molecule has 6 aliphatic rings. The van der Waals surface area contributed by atoms with Gasteiger partial charge in [0.15, 0.2) is 0 Å². The number of hydrogen-bond donors (Lipinski definition) is 2. The number of allylic oxidation sites excluding steroid dienone is 11. The first-order chi connectivity index (χ1) is 25.5. The van der Waals surface area contributed by atoms with Crippen LogP contribution in [0.2, 0.25) is 0 Å². The van der Waals surface area contributed by atoms with Crippen molar-refractivity contribution < 1.29 is 54.1 Å². The molecule has 1 aliphatic carbocycles. The molecule has 2 atom stereocenters. The van der Waals surface area contributed by atoms with Gasteiger partial charge in [0.1, 0.15) is 5.76 Å². The van der Waals surface area contributed by atoms with Crippen molar-refractivity contribution in [2.24, 2.45) is 26.8 Å². The Morgan fingerprint density at radius 3 is 2.19 bits per heavy atom. The van der Waals surface area contributed by atoms with Gasteiger partial charge in [-0.05, 0) is 80.6 Å². The van der Waals surface area contributed by atoms with Gasteiger partial charge in [-0.15, -0.1) is 0 Å². The Balaban J connectivity index is 0.00000561. The third-order valence-electron chi connectivity index (χ3n) is 11.7. The van der Waals surface area contributed by atoms with Gasteiger partial charge in [0.2, 0.25) is 0 Å². The number of carbonyl (C=O) groups is 2. The summed E-state index contributed by atoms with van der Waals surface area (Å²) in [4.78, 5) is 40.4. The van der Waals surface area contributed by atoms with Crippen molar-refractivity contribution in [3.05, 3.63) is 91.5 Å². The molecule has 0 spiro atoms. The van der Waals surface area contributed by atoms with Gasteiger partial charge in [0.05, 0.1) is 46.8 Å². The Morgan fingerprint density at radius 1 is 0.870 bits per heavy atom. The first kappa shape index (κ1) is 41.6. The Kier molecular flexibility index (Phi) is 14.2. The molecule has 1 fully saturated rings. The number of carbonyl (C=O) groups excluding carboxylic acids is 2.